The number of hydrogen-bond acceptors (Lipinski definition) is 5. The number of methoxy groups -OCH3 is 1. The second kappa shape index (κ2) is 8.49. The summed E-state index contributed by atoms with van der Waals surface area (Å²) in [6, 6.07) is 2.96. The van der Waals surface area contributed by atoms with Gasteiger partial charge in [-0.2, -0.15) is 0 Å². The van der Waals surface area contributed by atoms with E-state index in [4.69, 9.17) is 4.74 Å². The Bertz CT molecular complexity index is 717. The van der Waals surface area contributed by atoms with Crippen molar-refractivity contribution in [3.63, 3.8) is 0 Å². The Balaban J connectivity index is 3.24. The lowest BCUT2D eigenvalue weighted by molar-refractivity contribution is 0.0369. The summed E-state index contributed by atoms with van der Waals surface area (Å²) in [4.78, 5) is 11.7. The largest absolute Gasteiger partial charge is 0.508 e. The molecule has 0 saturated carbocycles. The Kier molecular flexibility index (Phi) is 7.19. The van der Waals surface area contributed by atoms with E-state index in [9.17, 15) is 13.2 Å². The molecule has 0 aromatic heterocycles. The highest BCUT2D eigenvalue weighted by atomic mass is 32.2. The summed E-state index contributed by atoms with van der Waals surface area (Å²) in [5.74, 6) is -0.145. The van der Waals surface area contributed by atoms with Gasteiger partial charge in [-0.25, -0.2) is 17.9 Å². The Morgan fingerprint density at radius 1 is 1.20 bits per heavy atom. The van der Waals surface area contributed by atoms with Crippen LogP contribution in [0.1, 0.15) is 30.5 Å². The van der Waals surface area contributed by atoms with Crippen molar-refractivity contribution < 1.29 is 22.7 Å². The lowest BCUT2D eigenvalue weighted by Crippen LogP contribution is -2.47. The second-order valence-corrected chi connectivity index (χ2v) is 8.04. The van der Waals surface area contributed by atoms with Gasteiger partial charge in [-0.1, -0.05) is 38.1 Å². The van der Waals surface area contributed by atoms with E-state index in [0.717, 1.165) is 5.56 Å². The van der Waals surface area contributed by atoms with Crippen molar-refractivity contribution in [2.24, 2.45) is 5.92 Å². The fourth-order valence-corrected chi connectivity index (χ4v) is 4.69. The van der Waals surface area contributed by atoms with E-state index in [2.05, 4.69) is 16.0 Å². The fourth-order valence-electron chi connectivity index (χ4n) is 2.84. The number of sulfonamides is 1. The molecule has 0 bridgehead atoms. The lowest BCUT2D eigenvalue weighted by atomic mass is 10.00. The van der Waals surface area contributed by atoms with E-state index in [-0.39, 0.29) is 10.8 Å². The predicted octanol–water partition coefficient (Wildman–Crippen LogP) is 3.25. The fraction of sp³-hybridized carbons (Fsp3) is 0.500. The van der Waals surface area contributed by atoms with Gasteiger partial charge in [0, 0.05) is 0 Å². The van der Waals surface area contributed by atoms with E-state index in [1.165, 1.54) is 13.2 Å². The topological polar surface area (TPSA) is 81.7 Å². The number of benzene rings is 1. The summed E-state index contributed by atoms with van der Waals surface area (Å²) >= 11 is 0. The van der Waals surface area contributed by atoms with E-state index >= 15 is 0 Å². The van der Waals surface area contributed by atoms with Gasteiger partial charge < -0.3 is 9.47 Å². The molecule has 25 heavy (non-hydrogen) atoms. The molecule has 0 heterocycles. The Morgan fingerprint density at radius 2 is 1.72 bits per heavy atom. The van der Waals surface area contributed by atoms with Crippen LogP contribution < -0.4 is 4.72 Å². The van der Waals surface area contributed by atoms with Crippen LogP contribution in [0.3, 0.4) is 0 Å². The molecule has 0 aliphatic carbocycles. The maximum atomic E-state index is 13.0. The third-order valence-electron chi connectivity index (χ3n) is 3.87. The number of ether oxygens (including phenoxy) is 2. The number of rotatable bonds is 7. The number of carbonyl (C=O) groups excluding carboxylic acids is 1. The van der Waals surface area contributed by atoms with Crippen molar-refractivity contribution in [3.05, 3.63) is 41.5 Å². The summed E-state index contributed by atoms with van der Waals surface area (Å²) in [6.07, 6.45) is -0.357. The summed E-state index contributed by atoms with van der Waals surface area (Å²) in [7, 11) is -2.62. The number of carbonyl (C=O) groups is 1. The zero-order chi connectivity index (χ0) is 19.4. The molecular formula is C18H27NO5S. The average Bonchev–Trinajstić information content (AvgIpc) is 2.48. The summed E-state index contributed by atoms with van der Waals surface area (Å²) < 4.78 is 38.2. The highest BCUT2D eigenvalue weighted by molar-refractivity contribution is 7.89. The minimum absolute atomic E-state index is 0.145. The standard InChI is InChI=1S/C18H27NO5S/c1-8-15(24-18(20)23-7)16(11(2)3)19-25(21,22)17-13(5)9-12(4)10-14(17)6/h8-11,15-16,19H,1H2,2-7H3/t15-,16-/m0/s1. The number of aryl methyl sites for hydroxylation is 3. The number of nitrogens with one attached hydrogen (secondary N) is 1. The van der Waals surface area contributed by atoms with Crippen LogP contribution in [-0.2, 0) is 19.5 Å². The lowest BCUT2D eigenvalue weighted by Gasteiger charge is -2.28. The molecule has 7 heteroatoms. The maximum absolute atomic E-state index is 13.0. The van der Waals surface area contributed by atoms with Gasteiger partial charge in [-0.3, -0.25) is 0 Å². The van der Waals surface area contributed by atoms with E-state index < -0.39 is 28.3 Å². The van der Waals surface area contributed by atoms with Crippen LogP contribution in [0.25, 0.3) is 0 Å². The molecule has 1 aromatic rings. The molecule has 0 unspecified atom stereocenters. The van der Waals surface area contributed by atoms with Crippen molar-refractivity contribution in [2.45, 2.75) is 51.7 Å². The van der Waals surface area contributed by atoms with E-state index in [1.54, 1.807) is 13.8 Å². The zero-order valence-corrected chi connectivity index (χ0v) is 16.4. The van der Waals surface area contributed by atoms with Gasteiger partial charge in [-0.05, 0) is 43.9 Å². The van der Waals surface area contributed by atoms with Gasteiger partial charge in [0.25, 0.3) is 0 Å². The third kappa shape index (κ3) is 5.31. The first-order valence-electron chi connectivity index (χ1n) is 8.00. The highest BCUT2D eigenvalue weighted by Gasteiger charge is 2.32. The monoisotopic (exact) mass is 369 g/mol. The molecule has 1 N–H and O–H groups in total. The van der Waals surface area contributed by atoms with Crippen LogP contribution in [0.5, 0.6) is 0 Å². The summed E-state index contributed by atoms with van der Waals surface area (Å²) in [5.41, 5.74) is 2.32. The molecule has 6 nitrogen and oxygen atoms in total. The molecule has 140 valence electrons. The molecule has 2 atom stereocenters. The normalized spacial score (nSPS) is 14.0. The van der Waals surface area contributed by atoms with Gasteiger partial charge in [0.05, 0.1) is 18.0 Å². The van der Waals surface area contributed by atoms with Gasteiger partial charge >= 0.3 is 6.16 Å². The minimum Gasteiger partial charge on any atom is -0.438 e. The quantitative estimate of drug-likeness (QED) is 0.589. The van der Waals surface area contributed by atoms with Crippen molar-refractivity contribution in [1.82, 2.24) is 4.72 Å². The van der Waals surface area contributed by atoms with Gasteiger partial charge in [0.2, 0.25) is 10.0 Å². The smallest absolute Gasteiger partial charge is 0.438 e. The first-order valence-corrected chi connectivity index (χ1v) is 9.49. The SMILES string of the molecule is C=C[C@H](OC(=O)OC)[C@@H](NS(=O)(=O)c1c(C)cc(C)cc1C)C(C)C. The van der Waals surface area contributed by atoms with Crippen molar-refractivity contribution in [1.29, 1.82) is 0 Å². The molecule has 1 rings (SSSR count). The van der Waals surface area contributed by atoms with Crippen LogP contribution in [0.4, 0.5) is 4.79 Å². The minimum atomic E-state index is -3.81. The molecule has 0 aliphatic rings. The van der Waals surface area contributed by atoms with Crippen LogP contribution in [0.15, 0.2) is 29.7 Å². The summed E-state index contributed by atoms with van der Waals surface area (Å²) in [5, 5.41) is 0. The Morgan fingerprint density at radius 3 is 2.12 bits per heavy atom. The third-order valence-corrected chi connectivity index (χ3v) is 5.63. The van der Waals surface area contributed by atoms with Crippen LogP contribution in [-0.4, -0.2) is 33.8 Å². The Labute approximate surface area is 150 Å². The van der Waals surface area contributed by atoms with Crippen LogP contribution in [0, 0.1) is 26.7 Å². The molecule has 0 aliphatic heterocycles. The molecular weight excluding hydrogens is 342 g/mol. The zero-order valence-electron chi connectivity index (χ0n) is 15.6. The van der Waals surface area contributed by atoms with Crippen molar-refractivity contribution >= 4 is 16.2 Å². The molecule has 0 saturated heterocycles. The molecule has 0 radical (unpaired) electrons. The number of hydrogen-bond donors (Lipinski definition) is 1. The average molecular weight is 369 g/mol. The van der Waals surface area contributed by atoms with Crippen molar-refractivity contribution in [2.75, 3.05) is 7.11 Å². The van der Waals surface area contributed by atoms with Gasteiger partial charge in [0.15, 0.2) is 0 Å². The maximum Gasteiger partial charge on any atom is 0.508 e. The molecule has 0 amide bonds. The molecule has 1 aromatic carbocycles. The molecule has 0 fully saturated rings. The molecule has 0 spiro atoms. The van der Waals surface area contributed by atoms with Crippen LogP contribution in [0.2, 0.25) is 0 Å². The summed E-state index contributed by atoms with van der Waals surface area (Å²) in [6.45, 7) is 12.7. The van der Waals surface area contributed by atoms with Crippen LogP contribution >= 0.6 is 0 Å². The van der Waals surface area contributed by atoms with Crippen molar-refractivity contribution in [3.8, 4) is 0 Å². The van der Waals surface area contributed by atoms with E-state index in [1.807, 2.05) is 32.9 Å². The first-order chi connectivity index (χ1) is 11.5. The highest BCUT2D eigenvalue weighted by Crippen LogP contribution is 2.23. The van der Waals surface area contributed by atoms with E-state index in [0.29, 0.717) is 11.1 Å². The van der Waals surface area contributed by atoms with Gasteiger partial charge in [-0.15, -0.1) is 0 Å². The Hall–Kier alpha value is -1.86. The predicted molar refractivity (Wildman–Crippen MR) is 97.1 cm³/mol. The first kappa shape index (κ1) is 21.2. The second-order valence-electron chi connectivity index (χ2n) is 6.39. The van der Waals surface area contributed by atoms with Gasteiger partial charge in [0.1, 0.15) is 6.10 Å².